The van der Waals surface area contributed by atoms with Gasteiger partial charge in [0.05, 0.1) is 18.8 Å². The maximum atomic E-state index is 12.7. The van der Waals surface area contributed by atoms with Crippen LogP contribution in [0.15, 0.2) is 97.1 Å². The largest absolute Gasteiger partial charge is 0.494 e. The van der Waals surface area contributed by atoms with Crippen molar-refractivity contribution in [2.24, 2.45) is 0 Å². The fraction of sp³-hybridized carbons (Fsp3) is 0.243. The first-order valence-corrected chi connectivity index (χ1v) is 14.9. The third-order valence-electron chi connectivity index (χ3n) is 7.06. The van der Waals surface area contributed by atoms with Crippen LogP contribution in [0.1, 0.15) is 70.9 Å². The standard InChI is InChI=1S/C37H40N2O4/c1-2-7-27-8-13-29(14-9-27)30-15-17-31(18-16-30)36(40)21-12-28-10-19-35(20-11-28)42-22-5-3-4-6-23-43-37(41)32-24-33(38)26-34(39)25-32/h8-21,24-26H,2-7,22-23,38-39H2,1H3/b21-12+. The summed E-state index contributed by atoms with van der Waals surface area (Å²) in [6.45, 7) is 3.14. The van der Waals surface area contributed by atoms with Gasteiger partial charge in [-0.1, -0.05) is 80.1 Å². The summed E-state index contributed by atoms with van der Waals surface area (Å²) < 4.78 is 11.2. The van der Waals surface area contributed by atoms with Gasteiger partial charge in [0.1, 0.15) is 5.75 Å². The van der Waals surface area contributed by atoms with Crippen LogP contribution in [0.25, 0.3) is 17.2 Å². The second kappa shape index (κ2) is 16.0. The molecule has 4 aromatic carbocycles. The van der Waals surface area contributed by atoms with Crippen LogP contribution in [0.5, 0.6) is 5.75 Å². The number of hydrogen-bond acceptors (Lipinski definition) is 6. The van der Waals surface area contributed by atoms with Gasteiger partial charge in [-0.25, -0.2) is 4.79 Å². The monoisotopic (exact) mass is 576 g/mol. The van der Waals surface area contributed by atoms with E-state index in [0.717, 1.165) is 61.0 Å². The van der Waals surface area contributed by atoms with E-state index in [-0.39, 0.29) is 5.78 Å². The maximum absolute atomic E-state index is 12.7. The Bertz CT molecular complexity index is 1490. The van der Waals surface area contributed by atoms with E-state index in [2.05, 4.69) is 31.2 Å². The number of esters is 1. The second-order valence-electron chi connectivity index (χ2n) is 10.6. The minimum Gasteiger partial charge on any atom is -0.494 e. The molecule has 0 atom stereocenters. The van der Waals surface area contributed by atoms with Gasteiger partial charge >= 0.3 is 5.97 Å². The van der Waals surface area contributed by atoms with Gasteiger partial charge in [-0.05, 0) is 90.8 Å². The lowest BCUT2D eigenvalue weighted by atomic mass is 10.00. The molecular weight excluding hydrogens is 536 g/mol. The predicted molar refractivity (Wildman–Crippen MR) is 175 cm³/mol. The zero-order valence-electron chi connectivity index (χ0n) is 24.8. The van der Waals surface area contributed by atoms with Crippen molar-refractivity contribution in [3.63, 3.8) is 0 Å². The van der Waals surface area contributed by atoms with Crippen LogP contribution in [-0.2, 0) is 11.2 Å². The molecule has 0 aliphatic carbocycles. The molecule has 0 aliphatic rings. The first-order chi connectivity index (χ1) is 20.9. The molecule has 4 aromatic rings. The molecule has 0 aliphatic heterocycles. The van der Waals surface area contributed by atoms with Crippen LogP contribution in [0, 0.1) is 0 Å². The SMILES string of the molecule is CCCc1ccc(-c2ccc(C(=O)/C=C/c3ccc(OCCCCCCOC(=O)c4cc(N)cc(N)c4)cc3)cc2)cc1. The van der Waals surface area contributed by atoms with E-state index < -0.39 is 5.97 Å². The quantitative estimate of drug-likeness (QED) is 0.0486. The molecule has 0 heterocycles. The van der Waals surface area contributed by atoms with Gasteiger partial charge in [0.25, 0.3) is 0 Å². The number of ketones is 1. The Morgan fingerprint density at radius 1 is 0.698 bits per heavy atom. The number of nitrogens with two attached hydrogens (primary N) is 2. The fourth-order valence-corrected chi connectivity index (χ4v) is 4.71. The number of rotatable bonds is 15. The number of nitrogen functional groups attached to an aromatic ring is 2. The highest BCUT2D eigenvalue weighted by Gasteiger charge is 2.09. The number of carbonyl (C=O) groups excluding carboxylic acids is 2. The Labute approximate surface area is 254 Å². The van der Waals surface area contributed by atoms with Crippen LogP contribution in [-0.4, -0.2) is 25.0 Å². The fourth-order valence-electron chi connectivity index (χ4n) is 4.71. The summed E-state index contributed by atoms with van der Waals surface area (Å²) in [6, 6.07) is 28.8. The zero-order valence-corrected chi connectivity index (χ0v) is 24.8. The molecule has 0 spiro atoms. The summed E-state index contributed by atoms with van der Waals surface area (Å²) in [5, 5.41) is 0. The third-order valence-corrected chi connectivity index (χ3v) is 7.06. The molecular formula is C37H40N2O4. The number of aryl methyl sites for hydroxylation is 1. The average molecular weight is 577 g/mol. The van der Waals surface area contributed by atoms with Crippen molar-refractivity contribution in [3.05, 3.63) is 119 Å². The van der Waals surface area contributed by atoms with Crippen LogP contribution >= 0.6 is 0 Å². The van der Waals surface area contributed by atoms with Crippen molar-refractivity contribution >= 4 is 29.2 Å². The van der Waals surface area contributed by atoms with Crippen molar-refractivity contribution in [3.8, 4) is 16.9 Å². The van der Waals surface area contributed by atoms with E-state index in [1.807, 2.05) is 54.6 Å². The van der Waals surface area contributed by atoms with Crippen molar-refractivity contribution in [1.82, 2.24) is 0 Å². The van der Waals surface area contributed by atoms with Gasteiger partial charge in [-0.3, -0.25) is 4.79 Å². The molecule has 6 heteroatoms. The van der Waals surface area contributed by atoms with Gasteiger partial charge in [-0.15, -0.1) is 0 Å². The van der Waals surface area contributed by atoms with Crippen LogP contribution in [0.3, 0.4) is 0 Å². The molecule has 43 heavy (non-hydrogen) atoms. The van der Waals surface area contributed by atoms with Crippen LogP contribution in [0.2, 0.25) is 0 Å². The summed E-state index contributed by atoms with van der Waals surface area (Å²) in [5.74, 6) is 0.342. The average Bonchev–Trinajstić information content (AvgIpc) is 3.02. The van der Waals surface area contributed by atoms with Crippen molar-refractivity contribution in [2.45, 2.75) is 45.4 Å². The predicted octanol–water partition coefficient (Wildman–Crippen LogP) is 8.16. The summed E-state index contributed by atoms with van der Waals surface area (Å²) in [7, 11) is 0. The normalized spacial score (nSPS) is 11.0. The minimum absolute atomic E-state index is 0.0330. The molecule has 6 nitrogen and oxygen atoms in total. The Morgan fingerprint density at radius 2 is 1.30 bits per heavy atom. The molecule has 4 N–H and O–H groups in total. The highest BCUT2D eigenvalue weighted by molar-refractivity contribution is 6.07. The van der Waals surface area contributed by atoms with E-state index in [0.29, 0.717) is 35.7 Å². The van der Waals surface area contributed by atoms with E-state index >= 15 is 0 Å². The Hall–Kier alpha value is -4.84. The lowest BCUT2D eigenvalue weighted by molar-refractivity contribution is 0.0497. The number of carbonyl (C=O) groups is 2. The lowest BCUT2D eigenvalue weighted by Crippen LogP contribution is -2.08. The van der Waals surface area contributed by atoms with Gasteiger partial charge in [-0.2, -0.15) is 0 Å². The zero-order chi connectivity index (χ0) is 30.4. The molecule has 0 saturated heterocycles. The third kappa shape index (κ3) is 9.89. The number of anilines is 2. The highest BCUT2D eigenvalue weighted by atomic mass is 16.5. The first kappa shape index (κ1) is 31.1. The van der Waals surface area contributed by atoms with Gasteiger partial charge < -0.3 is 20.9 Å². The molecule has 0 amide bonds. The molecule has 4 rings (SSSR count). The van der Waals surface area contributed by atoms with Crippen molar-refractivity contribution in [2.75, 3.05) is 24.7 Å². The molecule has 222 valence electrons. The van der Waals surface area contributed by atoms with E-state index in [9.17, 15) is 9.59 Å². The Kier molecular flexibility index (Phi) is 11.6. The Balaban J connectivity index is 1.12. The van der Waals surface area contributed by atoms with E-state index in [1.54, 1.807) is 24.3 Å². The van der Waals surface area contributed by atoms with E-state index in [1.165, 1.54) is 5.56 Å². The topological polar surface area (TPSA) is 105 Å². The Morgan fingerprint density at radius 3 is 1.93 bits per heavy atom. The summed E-state index contributed by atoms with van der Waals surface area (Å²) in [4.78, 5) is 24.8. The number of allylic oxidation sites excluding steroid dienone is 1. The van der Waals surface area contributed by atoms with Crippen LogP contribution < -0.4 is 16.2 Å². The smallest absolute Gasteiger partial charge is 0.338 e. The number of unbranched alkanes of at least 4 members (excludes halogenated alkanes) is 3. The number of hydrogen-bond donors (Lipinski definition) is 2. The molecule has 0 aromatic heterocycles. The van der Waals surface area contributed by atoms with Gasteiger partial charge in [0.2, 0.25) is 0 Å². The van der Waals surface area contributed by atoms with Crippen molar-refractivity contribution < 1.29 is 19.1 Å². The molecule has 0 fully saturated rings. The molecule has 0 bridgehead atoms. The first-order valence-electron chi connectivity index (χ1n) is 14.9. The van der Waals surface area contributed by atoms with Gasteiger partial charge in [0, 0.05) is 16.9 Å². The van der Waals surface area contributed by atoms with Gasteiger partial charge in [0.15, 0.2) is 5.78 Å². The van der Waals surface area contributed by atoms with E-state index in [4.69, 9.17) is 20.9 Å². The molecule has 0 unspecified atom stereocenters. The summed E-state index contributed by atoms with van der Waals surface area (Å²) >= 11 is 0. The minimum atomic E-state index is -0.414. The number of benzene rings is 4. The lowest BCUT2D eigenvalue weighted by Gasteiger charge is -2.08. The highest BCUT2D eigenvalue weighted by Crippen LogP contribution is 2.22. The molecule has 0 radical (unpaired) electrons. The second-order valence-corrected chi connectivity index (χ2v) is 10.6. The van der Waals surface area contributed by atoms with Crippen LogP contribution in [0.4, 0.5) is 11.4 Å². The molecule has 0 saturated carbocycles. The maximum Gasteiger partial charge on any atom is 0.338 e. The number of ether oxygens (including phenoxy) is 2. The van der Waals surface area contributed by atoms with Crippen molar-refractivity contribution in [1.29, 1.82) is 0 Å². The summed E-state index contributed by atoms with van der Waals surface area (Å²) in [6.07, 6.45) is 9.23. The summed E-state index contributed by atoms with van der Waals surface area (Å²) in [5.41, 5.74) is 17.9.